The Morgan fingerprint density at radius 3 is 2.74 bits per heavy atom. The minimum Gasteiger partial charge on any atom is -0.326 e. The van der Waals surface area contributed by atoms with Crippen LogP contribution in [0.15, 0.2) is 48.6 Å². The standard InChI is InChI=1S/C20H16ClNO/c21-15-9-6-14(7-10-15)17-12-19(23)22-18-11-8-13-4-2-1-3-5-16(13)20(17)18/h1-2,4-11,17H,3,12H2,(H,22,23). The molecular weight excluding hydrogens is 306 g/mol. The summed E-state index contributed by atoms with van der Waals surface area (Å²) in [6.07, 6.45) is 9.98. The van der Waals surface area contributed by atoms with E-state index in [2.05, 4.69) is 35.7 Å². The number of amides is 1. The predicted molar refractivity (Wildman–Crippen MR) is 94.9 cm³/mol. The van der Waals surface area contributed by atoms with E-state index in [4.69, 9.17) is 11.6 Å². The fraction of sp³-hybridized carbons (Fsp3) is 0.150. The highest BCUT2D eigenvalue weighted by Crippen LogP contribution is 2.34. The van der Waals surface area contributed by atoms with E-state index in [1.165, 1.54) is 16.0 Å². The van der Waals surface area contributed by atoms with Crippen LogP contribution in [-0.4, -0.2) is 5.91 Å². The van der Waals surface area contributed by atoms with E-state index in [-0.39, 0.29) is 11.8 Å². The second-order valence-electron chi connectivity index (χ2n) is 5.92. The van der Waals surface area contributed by atoms with Gasteiger partial charge >= 0.3 is 0 Å². The number of carbonyl (C=O) groups is 1. The number of benzene rings is 2. The summed E-state index contributed by atoms with van der Waals surface area (Å²) in [5.41, 5.74) is 3.26. The van der Waals surface area contributed by atoms with Gasteiger partial charge in [-0.2, -0.15) is 0 Å². The van der Waals surface area contributed by atoms with Crippen LogP contribution in [-0.2, 0) is 4.79 Å². The number of rotatable bonds is 1. The van der Waals surface area contributed by atoms with Gasteiger partial charge in [0, 0.05) is 23.0 Å². The van der Waals surface area contributed by atoms with Crippen molar-refractivity contribution in [1.82, 2.24) is 0 Å². The molecule has 1 atom stereocenters. The molecule has 1 heterocycles. The maximum absolute atomic E-state index is 12.1. The van der Waals surface area contributed by atoms with Crippen molar-refractivity contribution < 1.29 is 4.79 Å². The maximum atomic E-state index is 12.1. The number of nitrogens with one attached hydrogen (secondary N) is 1. The summed E-state index contributed by atoms with van der Waals surface area (Å²) >= 11 is 6.02. The van der Waals surface area contributed by atoms with E-state index < -0.39 is 0 Å². The van der Waals surface area contributed by atoms with Crippen LogP contribution >= 0.6 is 11.6 Å². The lowest BCUT2D eigenvalue weighted by Crippen LogP contribution is -2.36. The zero-order valence-electron chi connectivity index (χ0n) is 12.6. The quantitative estimate of drug-likeness (QED) is 0.857. The van der Waals surface area contributed by atoms with Crippen LogP contribution in [0.25, 0.3) is 12.2 Å². The summed E-state index contributed by atoms with van der Waals surface area (Å²) in [4.78, 5) is 12.1. The van der Waals surface area contributed by atoms with E-state index in [1.807, 2.05) is 30.3 Å². The molecule has 0 saturated heterocycles. The van der Waals surface area contributed by atoms with E-state index >= 15 is 0 Å². The lowest BCUT2D eigenvalue weighted by molar-refractivity contribution is -0.116. The molecule has 114 valence electrons. The van der Waals surface area contributed by atoms with E-state index in [0.717, 1.165) is 17.7 Å². The molecule has 2 aliphatic rings. The average molecular weight is 322 g/mol. The molecule has 2 aromatic rings. The molecule has 0 bridgehead atoms. The van der Waals surface area contributed by atoms with Crippen LogP contribution in [0.3, 0.4) is 0 Å². The van der Waals surface area contributed by atoms with Crippen molar-refractivity contribution in [1.29, 1.82) is 0 Å². The molecular formula is C20H16ClNO. The maximum Gasteiger partial charge on any atom is 0.225 e. The normalized spacial score (nSPS) is 18.8. The number of fused-ring (bicyclic) bond motifs is 3. The Hall–Kier alpha value is -2.32. The van der Waals surface area contributed by atoms with Crippen LogP contribution in [0, 0.1) is 0 Å². The minimum absolute atomic E-state index is 0.0631. The molecule has 23 heavy (non-hydrogen) atoms. The van der Waals surface area contributed by atoms with Crippen molar-refractivity contribution >= 4 is 35.3 Å². The summed E-state index contributed by atoms with van der Waals surface area (Å²) in [5.74, 6) is 0.127. The first kappa shape index (κ1) is 14.3. The van der Waals surface area contributed by atoms with Gasteiger partial charge in [0.25, 0.3) is 0 Å². The molecule has 2 nitrogen and oxygen atoms in total. The van der Waals surface area contributed by atoms with Gasteiger partial charge in [0.15, 0.2) is 0 Å². The number of carbonyl (C=O) groups excluding carboxylic acids is 1. The predicted octanol–water partition coefficient (Wildman–Crippen LogP) is 3.34. The third-order valence-electron chi connectivity index (χ3n) is 4.48. The molecule has 0 radical (unpaired) electrons. The van der Waals surface area contributed by atoms with Crippen LogP contribution in [0.2, 0.25) is 5.02 Å². The third kappa shape index (κ3) is 2.60. The first-order chi connectivity index (χ1) is 11.2. The summed E-state index contributed by atoms with van der Waals surface area (Å²) in [6.45, 7) is 0. The lowest BCUT2D eigenvalue weighted by atomic mass is 9.83. The van der Waals surface area contributed by atoms with E-state index in [1.54, 1.807) is 0 Å². The zero-order valence-corrected chi connectivity index (χ0v) is 13.3. The molecule has 3 heteroatoms. The molecule has 1 aliphatic carbocycles. The lowest BCUT2D eigenvalue weighted by Gasteiger charge is -2.27. The van der Waals surface area contributed by atoms with Crippen LogP contribution in [0.1, 0.15) is 29.9 Å². The number of allylic oxidation sites excluding steroid dienone is 2. The van der Waals surface area contributed by atoms with E-state index in [9.17, 15) is 4.79 Å². The van der Waals surface area contributed by atoms with Gasteiger partial charge in [-0.1, -0.05) is 54.1 Å². The van der Waals surface area contributed by atoms with Crippen molar-refractivity contribution in [2.75, 3.05) is 5.32 Å². The number of hydrogen-bond acceptors (Lipinski definition) is 1. The van der Waals surface area contributed by atoms with Gasteiger partial charge in [-0.25, -0.2) is 0 Å². The van der Waals surface area contributed by atoms with Gasteiger partial charge in [-0.15, -0.1) is 0 Å². The second-order valence-corrected chi connectivity index (χ2v) is 6.36. The first-order valence-electron chi connectivity index (χ1n) is 7.77. The van der Waals surface area contributed by atoms with Crippen molar-refractivity contribution in [2.45, 2.75) is 18.8 Å². The molecule has 1 unspecified atom stereocenters. The molecule has 4 rings (SSSR count). The Labute approximate surface area is 139 Å². The summed E-state index contributed by atoms with van der Waals surface area (Å²) < 4.78 is 0. The molecule has 0 aromatic heterocycles. The van der Waals surface area contributed by atoms with Gasteiger partial charge in [-0.3, -0.25) is 4.79 Å². The Kier molecular flexibility index (Phi) is 3.55. The Balaban J connectivity index is 1.97. The van der Waals surface area contributed by atoms with Crippen molar-refractivity contribution in [2.24, 2.45) is 0 Å². The van der Waals surface area contributed by atoms with Gasteiger partial charge in [-0.05, 0) is 46.2 Å². The topological polar surface area (TPSA) is 29.1 Å². The first-order valence-corrected chi connectivity index (χ1v) is 8.15. The zero-order chi connectivity index (χ0) is 15.8. The molecule has 0 saturated carbocycles. The Morgan fingerprint density at radius 2 is 1.91 bits per heavy atom. The summed E-state index contributed by atoms with van der Waals surface area (Å²) in [5, 5.41) is 6.17. The van der Waals surface area contributed by atoms with E-state index in [0.29, 0.717) is 11.4 Å². The number of anilines is 1. The summed E-state index contributed by atoms with van der Waals surface area (Å²) in [6, 6.07) is 11.9. The summed E-state index contributed by atoms with van der Waals surface area (Å²) in [7, 11) is 0. The second kappa shape index (κ2) is 5.71. The van der Waals surface area contributed by atoms with Gasteiger partial charge in [0.05, 0.1) is 0 Å². The van der Waals surface area contributed by atoms with Crippen molar-refractivity contribution in [3.05, 3.63) is 75.1 Å². The van der Waals surface area contributed by atoms with Crippen molar-refractivity contribution in [3.63, 3.8) is 0 Å². The fourth-order valence-electron chi connectivity index (χ4n) is 3.42. The smallest absolute Gasteiger partial charge is 0.225 e. The molecule has 0 spiro atoms. The highest BCUT2D eigenvalue weighted by Gasteiger charge is 2.27. The highest BCUT2D eigenvalue weighted by molar-refractivity contribution is 6.30. The average Bonchev–Trinajstić information content (AvgIpc) is 2.80. The monoisotopic (exact) mass is 321 g/mol. The van der Waals surface area contributed by atoms with Gasteiger partial charge in [0.1, 0.15) is 0 Å². The van der Waals surface area contributed by atoms with Gasteiger partial charge < -0.3 is 5.32 Å². The number of halogens is 1. The minimum atomic E-state index is 0.0631. The molecule has 0 fully saturated rings. The Bertz CT molecular complexity index is 925. The van der Waals surface area contributed by atoms with Crippen LogP contribution < -0.4 is 15.8 Å². The number of hydrogen-bond donors (Lipinski definition) is 1. The van der Waals surface area contributed by atoms with Crippen LogP contribution in [0.5, 0.6) is 0 Å². The third-order valence-corrected chi connectivity index (χ3v) is 4.73. The molecule has 2 aromatic carbocycles. The Morgan fingerprint density at radius 1 is 1.09 bits per heavy atom. The molecule has 1 N–H and O–H groups in total. The highest BCUT2D eigenvalue weighted by atomic mass is 35.5. The SMILES string of the molecule is O=C1CC(c2ccc(Cl)cc2)c2c(ccc3c2=CCC=CC=3)N1. The molecule has 1 aliphatic heterocycles. The largest absolute Gasteiger partial charge is 0.326 e. The van der Waals surface area contributed by atoms with Crippen molar-refractivity contribution in [3.8, 4) is 0 Å². The fourth-order valence-corrected chi connectivity index (χ4v) is 3.54. The van der Waals surface area contributed by atoms with Gasteiger partial charge in [0.2, 0.25) is 5.91 Å². The van der Waals surface area contributed by atoms with Crippen LogP contribution in [0.4, 0.5) is 5.69 Å². The molecule has 1 amide bonds.